The van der Waals surface area contributed by atoms with Crippen LogP contribution in [0.2, 0.25) is 0 Å². The van der Waals surface area contributed by atoms with Gasteiger partial charge in [-0.05, 0) is 36.3 Å². The molecule has 1 aromatic heterocycles. The predicted octanol–water partition coefficient (Wildman–Crippen LogP) is 3.07. The lowest BCUT2D eigenvalue weighted by atomic mass is 10.2. The lowest BCUT2D eigenvalue weighted by Crippen LogP contribution is -2.34. The summed E-state index contributed by atoms with van der Waals surface area (Å²) in [5.41, 5.74) is 2.25. The van der Waals surface area contributed by atoms with Crippen LogP contribution in [0.25, 0.3) is 6.08 Å². The number of carbonyl (C=O) groups is 2. The summed E-state index contributed by atoms with van der Waals surface area (Å²) in [5, 5.41) is 8.01. The summed E-state index contributed by atoms with van der Waals surface area (Å²) in [6.45, 7) is 2.63. The Morgan fingerprint density at radius 1 is 1.13 bits per heavy atom. The largest absolute Gasteiger partial charge is 0.452 e. The van der Waals surface area contributed by atoms with E-state index in [-0.39, 0.29) is 18.3 Å². The molecule has 0 fully saturated rings. The molecule has 0 saturated heterocycles. The zero-order valence-electron chi connectivity index (χ0n) is 17.1. The first-order valence-electron chi connectivity index (χ1n) is 9.84. The molecule has 31 heavy (non-hydrogen) atoms. The van der Waals surface area contributed by atoms with Gasteiger partial charge in [0.2, 0.25) is 0 Å². The van der Waals surface area contributed by atoms with Crippen LogP contribution in [0.3, 0.4) is 0 Å². The van der Waals surface area contributed by atoms with E-state index < -0.39 is 12.6 Å². The number of rotatable bonds is 9. The van der Waals surface area contributed by atoms with Crippen LogP contribution in [0.4, 0.5) is 4.39 Å². The molecule has 0 aliphatic rings. The molecule has 1 amide bonds. The summed E-state index contributed by atoms with van der Waals surface area (Å²) >= 11 is 0. The lowest BCUT2D eigenvalue weighted by Gasteiger charge is -2.20. The fourth-order valence-electron chi connectivity index (χ4n) is 2.90. The van der Waals surface area contributed by atoms with Crippen LogP contribution >= 0.6 is 0 Å². The van der Waals surface area contributed by atoms with Crippen molar-refractivity contribution < 1.29 is 18.7 Å². The highest BCUT2D eigenvalue weighted by Gasteiger charge is 2.14. The van der Waals surface area contributed by atoms with Crippen molar-refractivity contribution in [1.82, 2.24) is 19.9 Å². The van der Waals surface area contributed by atoms with Crippen molar-refractivity contribution in [3.05, 3.63) is 89.5 Å². The molecule has 0 bridgehead atoms. The minimum absolute atomic E-state index is 0.241. The van der Waals surface area contributed by atoms with Crippen molar-refractivity contribution in [2.45, 2.75) is 20.0 Å². The SMILES string of the molecule is CCN(Cc1cccc(F)c1)C(=O)COC(=O)/C=C/c1cn(Cc2ccccc2)nn1. The first-order valence-corrected chi connectivity index (χ1v) is 9.84. The van der Waals surface area contributed by atoms with E-state index in [9.17, 15) is 14.0 Å². The minimum Gasteiger partial charge on any atom is -0.452 e. The molecular weight excluding hydrogens is 399 g/mol. The van der Waals surface area contributed by atoms with E-state index in [4.69, 9.17) is 4.74 Å². The number of hydrogen-bond acceptors (Lipinski definition) is 5. The number of benzene rings is 2. The van der Waals surface area contributed by atoms with Gasteiger partial charge in [-0.3, -0.25) is 4.79 Å². The standard InChI is InChI=1S/C23H23FN4O3/c1-2-27(14-19-9-6-10-20(24)13-19)22(29)17-31-23(30)12-11-21-16-28(26-25-21)15-18-7-4-3-5-8-18/h3-13,16H,2,14-15,17H2,1H3/b12-11+. The Kier molecular flexibility index (Phi) is 7.64. The maximum Gasteiger partial charge on any atom is 0.331 e. The van der Waals surface area contributed by atoms with Crippen molar-refractivity contribution in [3.8, 4) is 0 Å². The molecule has 3 rings (SSSR count). The first kappa shape index (κ1) is 21.9. The van der Waals surface area contributed by atoms with Crippen molar-refractivity contribution in [2.24, 2.45) is 0 Å². The van der Waals surface area contributed by atoms with Gasteiger partial charge >= 0.3 is 5.97 Å². The van der Waals surface area contributed by atoms with Gasteiger partial charge in [-0.15, -0.1) is 5.10 Å². The van der Waals surface area contributed by atoms with E-state index >= 15 is 0 Å². The van der Waals surface area contributed by atoms with Gasteiger partial charge in [-0.25, -0.2) is 13.9 Å². The minimum atomic E-state index is -0.659. The lowest BCUT2D eigenvalue weighted by molar-refractivity contribution is -0.148. The number of hydrogen-bond donors (Lipinski definition) is 0. The third kappa shape index (κ3) is 6.88. The van der Waals surface area contributed by atoms with E-state index in [0.29, 0.717) is 24.3 Å². The summed E-state index contributed by atoms with van der Waals surface area (Å²) in [6.07, 6.45) is 4.39. The Bertz CT molecular complexity index is 1050. The third-order valence-corrected chi connectivity index (χ3v) is 4.47. The Balaban J connectivity index is 1.47. The highest BCUT2D eigenvalue weighted by molar-refractivity contribution is 5.89. The molecule has 0 aliphatic heterocycles. The molecule has 7 nitrogen and oxygen atoms in total. The number of likely N-dealkylation sites (N-methyl/N-ethyl adjacent to an activating group) is 1. The molecule has 0 aliphatic carbocycles. The number of ether oxygens (including phenoxy) is 1. The van der Waals surface area contributed by atoms with Crippen molar-refractivity contribution >= 4 is 18.0 Å². The zero-order valence-corrected chi connectivity index (χ0v) is 17.1. The van der Waals surface area contributed by atoms with Crippen molar-refractivity contribution in [3.63, 3.8) is 0 Å². The van der Waals surface area contributed by atoms with Crippen LogP contribution in [0, 0.1) is 5.82 Å². The number of esters is 1. The summed E-state index contributed by atoms with van der Waals surface area (Å²) in [6, 6.07) is 15.8. The molecule has 0 unspecified atom stereocenters. The summed E-state index contributed by atoms with van der Waals surface area (Å²) in [7, 11) is 0. The summed E-state index contributed by atoms with van der Waals surface area (Å²) in [4.78, 5) is 25.8. The number of halogens is 1. The van der Waals surface area contributed by atoms with E-state index in [1.165, 1.54) is 29.2 Å². The second-order valence-corrected chi connectivity index (χ2v) is 6.81. The molecule has 0 radical (unpaired) electrons. The summed E-state index contributed by atoms with van der Waals surface area (Å²) in [5.74, 6) is -1.38. The maximum absolute atomic E-state index is 13.3. The second-order valence-electron chi connectivity index (χ2n) is 6.81. The molecule has 3 aromatic rings. The van der Waals surface area contributed by atoms with E-state index in [1.54, 1.807) is 29.9 Å². The average molecular weight is 422 g/mol. The fraction of sp³-hybridized carbons (Fsp3) is 0.217. The van der Waals surface area contributed by atoms with E-state index in [1.807, 2.05) is 30.3 Å². The maximum atomic E-state index is 13.3. The van der Waals surface area contributed by atoms with E-state index in [0.717, 1.165) is 5.56 Å². The highest BCUT2D eigenvalue weighted by Crippen LogP contribution is 2.08. The average Bonchev–Trinajstić information content (AvgIpc) is 3.22. The van der Waals surface area contributed by atoms with Gasteiger partial charge in [0.05, 0.1) is 12.7 Å². The van der Waals surface area contributed by atoms with Crippen LogP contribution in [0.15, 0.2) is 66.9 Å². The van der Waals surface area contributed by atoms with Gasteiger partial charge in [0.15, 0.2) is 6.61 Å². The van der Waals surface area contributed by atoms with Crippen LogP contribution in [0.5, 0.6) is 0 Å². The van der Waals surface area contributed by atoms with Gasteiger partial charge in [0, 0.05) is 19.2 Å². The molecule has 8 heteroatoms. The van der Waals surface area contributed by atoms with Gasteiger partial charge in [-0.2, -0.15) is 0 Å². The third-order valence-electron chi connectivity index (χ3n) is 4.47. The number of amides is 1. The van der Waals surface area contributed by atoms with Gasteiger partial charge in [0.25, 0.3) is 5.91 Å². The van der Waals surface area contributed by atoms with Gasteiger partial charge in [-0.1, -0.05) is 47.7 Å². The molecule has 1 heterocycles. The molecule has 0 N–H and O–H groups in total. The second kappa shape index (κ2) is 10.8. The van der Waals surface area contributed by atoms with Crippen molar-refractivity contribution in [2.75, 3.05) is 13.2 Å². The number of aromatic nitrogens is 3. The van der Waals surface area contributed by atoms with Crippen LogP contribution in [-0.2, 0) is 27.4 Å². The summed E-state index contributed by atoms with van der Waals surface area (Å²) < 4.78 is 20.0. The Labute approximate surface area is 179 Å². The molecule has 2 aromatic carbocycles. The highest BCUT2D eigenvalue weighted by atomic mass is 19.1. The van der Waals surface area contributed by atoms with Crippen LogP contribution in [0.1, 0.15) is 23.7 Å². The Morgan fingerprint density at radius 3 is 2.65 bits per heavy atom. The Hall–Kier alpha value is -3.81. The molecule has 0 atom stereocenters. The van der Waals surface area contributed by atoms with Gasteiger partial charge < -0.3 is 9.64 Å². The number of nitrogens with zero attached hydrogens (tertiary/aromatic N) is 4. The fourth-order valence-corrected chi connectivity index (χ4v) is 2.90. The topological polar surface area (TPSA) is 77.3 Å². The Morgan fingerprint density at radius 2 is 1.90 bits per heavy atom. The predicted molar refractivity (Wildman–Crippen MR) is 113 cm³/mol. The van der Waals surface area contributed by atoms with Crippen LogP contribution < -0.4 is 0 Å². The quantitative estimate of drug-likeness (QED) is 0.391. The smallest absolute Gasteiger partial charge is 0.331 e. The molecule has 160 valence electrons. The normalized spacial score (nSPS) is 10.9. The van der Waals surface area contributed by atoms with Gasteiger partial charge in [0.1, 0.15) is 11.5 Å². The van der Waals surface area contributed by atoms with Crippen molar-refractivity contribution in [1.29, 1.82) is 0 Å². The molecular formula is C23H23FN4O3. The van der Waals surface area contributed by atoms with E-state index in [2.05, 4.69) is 10.3 Å². The monoisotopic (exact) mass is 422 g/mol. The van der Waals surface area contributed by atoms with Crippen LogP contribution in [-0.4, -0.2) is 44.9 Å². The number of carbonyl (C=O) groups excluding carboxylic acids is 2. The zero-order chi connectivity index (χ0) is 22.1. The molecule has 0 spiro atoms. The first-order chi connectivity index (χ1) is 15.0. The molecule has 0 saturated carbocycles.